The van der Waals surface area contributed by atoms with Crippen LogP contribution < -0.4 is 16.6 Å². The van der Waals surface area contributed by atoms with Crippen molar-refractivity contribution < 1.29 is 14.3 Å². The summed E-state index contributed by atoms with van der Waals surface area (Å²) < 4.78 is 7.50. The zero-order valence-electron chi connectivity index (χ0n) is 20.7. The molecule has 0 spiro atoms. The number of nitrogens with one attached hydrogen (secondary N) is 1. The summed E-state index contributed by atoms with van der Waals surface area (Å²) in [6.07, 6.45) is 2.48. The number of anilines is 1. The Bertz CT molecular complexity index is 1450. The van der Waals surface area contributed by atoms with Crippen LogP contribution in [0.4, 0.5) is 5.82 Å². The van der Waals surface area contributed by atoms with Crippen LogP contribution in [0.25, 0.3) is 10.9 Å². The minimum absolute atomic E-state index is 0.0268. The van der Waals surface area contributed by atoms with Crippen LogP contribution in [-0.2, 0) is 36.5 Å². The lowest BCUT2D eigenvalue weighted by atomic mass is 9.70. The highest BCUT2D eigenvalue weighted by Gasteiger charge is 2.33. The number of hydrogen-bond donors (Lipinski definition) is 1. The summed E-state index contributed by atoms with van der Waals surface area (Å²) in [5.74, 6) is -0.836. The van der Waals surface area contributed by atoms with Gasteiger partial charge >= 0.3 is 11.7 Å². The first kappa shape index (κ1) is 24.4. The Morgan fingerprint density at radius 1 is 1.14 bits per heavy atom. The zero-order valence-corrected chi connectivity index (χ0v) is 20.7. The largest absolute Gasteiger partial charge is 0.452 e. The van der Waals surface area contributed by atoms with Gasteiger partial charge in [-0.15, -0.1) is 0 Å². The molecule has 0 saturated carbocycles. The maximum absolute atomic E-state index is 13.3. The summed E-state index contributed by atoms with van der Waals surface area (Å²) in [6.45, 7) is 6.04. The van der Waals surface area contributed by atoms with E-state index in [9.17, 15) is 19.2 Å². The Balaban J connectivity index is 1.60. The fourth-order valence-electron chi connectivity index (χ4n) is 4.60. The van der Waals surface area contributed by atoms with E-state index in [1.54, 1.807) is 0 Å². The number of pyridine rings is 1. The molecule has 184 valence electrons. The Hall–Kier alpha value is -3.75. The lowest BCUT2D eigenvalue weighted by molar-refractivity contribution is -0.119. The van der Waals surface area contributed by atoms with Crippen LogP contribution in [-0.4, -0.2) is 32.6 Å². The van der Waals surface area contributed by atoms with Crippen molar-refractivity contribution in [2.45, 2.75) is 40.0 Å². The zero-order chi connectivity index (χ0) is 25.5. The quantitative estimate of drug-likeness (QED) is 0.577. The normalized spacial score (nSPS) is 15.5. The van der Waals surface area contributed by atoms with E-state index >= 15 is 0 Å². The molecule has 4 rings (SSSR count). The van der Waals surface area contributed by atoms with Gasteiger partial charge in [-0.2, -0.15) is 0 Å². The number of ether oxygens (including phenoxy) is 1. The number of hydrogen-bond acceptors (Lipinski definition) is 6. The molecule has 2 heterocycles. The number of aryl methyl sites for hydroxylation is 1. The fourth-order valence-corrected chi connectivity index (χ4v) is 4.60. The van der Waals surface area contributed by atoms with E-state index in [-0.39, 0.29) is 11.2 Å². The van der Waals surface area contributed by atoms with Crippen molar-refractivity contribution in [2.24, 2.45) is 25.4 Å². The lowest BCUT2D eigenvalue weighted by Crippen LogP contribution is -2.38. The van der Waals surface area contributed by atoms with Crippen LogP contribution in [0.5, 0.6) is 0 Å². The van der Waals surface area contributed by atoms with Gasteiger partial charge in [-0.1, -0.05) is 39.0 Å². The molecule has 0 radical (unpaired) electrons. The topological polar surface area (TPSA) is 112 Å². The maximum Gasteiger partial charge on any atom is 0.339 e. The van der Waals surface area contributed by atoms with Crippen molar-refractivity contribution in [3.63, 3.8) is 0 Å². The standard InChI is InChI=1S/C26H30N4O5/c1-26(2,3)15-10-11-19-17(12-15)23(16-8-6-7-9-18(16)27-19)24(33)35-14-21(31)28-20-13-22(32)30(5)25(34)29(20)4/h6-9,13,15H,10-12,14H2,1-5H3,(H,28,31). The third-order valence-corrected chi connectivity index (χ3v) is 6.82. The highest BCUT2D eigenvalue weighted by molar-refractivity contribution is 6.06. The second-order valence-corrected chi connectivity index (χ2v) is 10.1. The number of esters is 1. The van der Waals surface area contributed by atoms with E-state index in [1.807, 2.05) is 24.3 Å². The van der Waals surface area contributed by atoms with Crippen LogP contribution in [0, 0.1) is 11.3 Å². The van der Waals surface area contributed by atoms with Crippen molar-refractivity contribution in [3.05, 3.63) is 68.0 Å². The number of benzene rings is 1. The first-order valence-corrected chi connectivity index (χ1v) is 11.6. The predicted octanol–water partition coefficient (Wildman–Crippen LogP) is 2.58. The van der Waals surface area contributed by atoms with Gasteiger partial charge in [0.1, 0.15) is 5.82 Å². The van der Waals surface area contributed by atoms with Crippen LogP contribution in [0.2, 0.25) is 0 Å². The Kier molecular flexibility index (Phi) is 6.36. The van der Waals surface area contributed by atoms with Crippen LogP contribution in [0.1, 0.15) is 48.8 Å². The minimum atomic E-state index is -0.651. The van der Waals surface area contributed by atoms with E-state index < -0.39 is 29.7 Å². The third kappa shape index (κ3) is 4.76. The average molecular weight is 479 g/mol. The SMILES string of the molecule is Cn1c(NC(=O)COC(=O)c2c3c(nc4ccccc24)CCC(C(C)(C)C)C3)cc(=O)n(C)c1=O. The van der Waals surface area contributed by atoms with Crippen molar-refractivity contribution in [2.75, 3.05) is 11.9 Å². The molecule has 1 N–H and O–H groups in total. The summed E-state index contributed by atoms with van der Waals surface area (Å²) in [6, 6.07) is 8.57. The number of carbonyl (C=O) groups excluding carboxylic acids is 2. The molecule has 35 heavy (non-hydrogen) atoms. The smallest absolute Gasteiger partial charge is 0.339 e. The highest BCUT2D eigenvalue weighted by atomic mass is 16.5. The van der Waals surface area contributed by atoms with Gasteiger partial charge in [-0.25, -0.2) is 9.59 Å². The second kappa shape index (κ2) is 9.13. The third-order valence-electron chi connectivity index (χ3n) is 6.82. The minimum Gasteiger partial charge on any atom is -0.452 e. The van der Waals surface area contributed by atoms with E-state index in [4.69, 9.17) is 9.72 Å². The number of aromatic nitrogens is 3. The first-order valence-electron chi connectivity index (χ1n) is 11.6. The number of rotatable bonds is 4. The molecule has 0 aliphatic heterocycles. The van der Waals surface area contributed by atoms with Crippen molar-refractivity contribution in [1.82, 2.24) is 14.1 Å². The van der Waals surface area contributed by atoms with Crippen LogP contribution in [0.3, 0.4) is 0 Å². The number of para-hydroxylation sites is 1. The Morgan fingerprint density at radius 3 is 2.57 bits per heavy atom. The highest BCUT2D eigenvalue weighted by Crippen LogP contribution is 2.39. The molecule has 2 aromatic heterocycles. The van der Waals surface area contributed by atoms with Gasteiger partial charge in [0.05, 0.1) is 11.1 Å². The van der Waals surface area contributed by atoms with Gasteiger partial charge < -0.3 is 10.1 Å². The molecule has 9 nitrogen and oxygen atoms in total. The van der Waals surface area contributed by atoms with E-state index in [0.29, 0.717) is 28.8 Å². The van der Waals surface area contributed by atoms with E-state index in [1.165, 1.54) is 14.1 Å². The van der Waals surface area contributed by atoms with E-state index in [2.05, 4.69) is 26.1 Å². The Morgan fingerprint density at radius 2 is 1.86 bits per heavy atom. The number of carbonyl (C=O) groups is 2. The molecule has 9 heteroatoms. The number of amides is 1. The second-order valence-electron chi connectivity index (χ2n) is 10.1. The van der Waals surface area contributed by atoms with Gasteiger partial charge in [-0.3, -0.25) is 23.7 Å². The molecule has 1 aromatic carbocycles. The summed E-state index contributed by atoms with van der Waals surface area (Å²) in [7, 11) is 2.78. The van der Waals surface area contributed by atoms with Crippen molar-refractivity contribution in [3.8, 4) is 0 Å². The molecular formula is C26H30N4O5. The summed E-state index contributed by atoms with van der Waals surface area (Å²) in [4.78, 5) is 54.6. The Labute approximate surface area is 202 Å². The molecule has 3 aromatic rings. The van der Waals surface area contributed by atoms with E-state index in [0.717, 1.165) is 39.3 Å². The molecule has 0 bridgehead atoms. The average Bonchev–Trinajstić information content (AvgIpc) is 2.82. The van der Waals surface area contributed by atoms with Crippen LogP contribution in [0.15, 0.2) is 39.9 Å². The molecule has 1 unspecified atom stereocenters. The monoisotopic (exact) mass is 478 g/mol. The summed E-state index contributed by atoms with van der Waals surface area (Å²) in [5, 5.41) is 3.17. The van der Waals surface area contributed by atoms with Gasteiger partial charge in [0.25, 0.3) is 11.5 Å². The molecule has 0 fully saturated rings. The molecule has 1 amide bonds. The van der Waals surface area contributed by atoms with Gasteiger partial charge in [0.2, 0.25) is 0 Å². The first-order chi connectivity index (χ1) is 16.5. The lowest BCUT2D eigenvalue weighted by Gasteiger charge is -2.35. The van der Waals surface area contributed by atoms with Crippen molar-refractivity contribution in [1.29, 1.82) is 0 Å². The number of nitrogens with zero attached hydrogens (tertiary/aromatic N) is 3. The molecule has 1 aliphatic carbocycles. The molecular weight excluding hydrogens is 448 g/mol. The maximum atomic E-state index is 13.3. The van der Waals surface area contributed by atoms with Gasteiger partial charge in [0.15, 0.2) is 6.61 Å². The predicted molar refractivity (Wildman–Crippen MR) is 133 cm³/mol. The van der Waals surface area contributed by atoms with Crippen LogP contribution >= 0.6 is 0 Å². The fraction of sp³-hybridized carbons (Fsp3) is 0.423. The summed E-state index contributed by atoms with van der Waals surface area (Å²) in [5.41, 5.74) is 1.90. The molecule has 1 atom stereocenters. The van der Waals surface area contributed by atoms with Gasteiger partial charge in [0, 0.05) is 31.2 Å². The molecule has 0 saturated heterocycles. The van der Waals surface area contributed by atoms with Gasteiger partial charge in [-0.05, 0) is 42.2 Å². The number of fused-ring (bicyclic) bond motifs is 2. The summed E-state index contributed by atoms with van der Waals surface area (Å²) >= 11 is 0. The van der Waals surface area contributed by atoms with Crippen molar-refractivity contribution >= 4 is 28.6 Å². The molecule has 1 aliphatic rings.